The van der Waals surface area contributed by atoms with Crippen molar-refractivity contribution in [3.63, 3.8) is 0 Å². The molecule has 0 radical (unpaired) electrons. The summed E-state index contributed by atoms with van der Waals surface area (Å²) in [7, 11) is 0. The van der Waals surface area contributed by atoms with Gasteiger partial charge in [0.25, 0.3) is 0 Å². The zero-order valence-electron chi connectivity index (χ0n) is 32.7. The number of carbonyl (C=O) groups is 2. The van der Waals surface area contributed by atoms with Crippen LogP contribution >= 0.6 is 0 Å². The fourth-order valence-electron chi connectivity index (χ4n) is 4.60. The third kappa shape index (κ3) is 44.7. The van der Waals surface area contributed by atoms with Crippen LogP contribution in [0.15, 0.2) is 97.2 Å². The second kappa shape index (κ2) is 44.7. The molecule has 0 rings (SSSR count). The Morgan fingerprint density at radius 3 is 1.24 bits per heavy atom. The lowest BCUT2D eigenvalue weighted by Gasteiger charge is -2.09. The van der Waals surface area contributed by atoms with E-state index in [0.29, 0.717) is 6.42 Å². The maximum Gasteiger partial charge on any atom is 0.222 e. The van der Waals surface area contributed by atoms with Crippen LogP contribution in [0.4, 0.5) is 8.78 Å². The van der Waals surface area contributed by atoms with Crippen molar-refractivity contribution in [1.29, 1.82) is 0 Å². The Kier molecular flexibility index (Phi) is 43.7. The van der Waals surface area contributed by atoms with Gasteiger partial charge in [-0.05, 0) is 89.9 Å². The van der Waals surface area contributed by atoms with Gasteiger partial charge in [0.1, 0.15) is 13.3 Å². The topological polar surface area (TPSA) is 58.2 Å². The second-order valence-electron chi connectivity index (χ2n) is 12.6. The Morgan fingerprint density at radius 2 is 0.843 bits per heavy atom. The SMILES string of the molecule is CCCCC/C=C\C/C=C\C/C=C\C/C=C\CCC(C)C(=O)NCCF.CCCCC/C=C\C/C=C\C/C=C\C/C=C\CCCC(=O)NCCF. The normalized spacial score (nSPS) is 12.9. The van der Waals surface area contributed by atoms with Crippen molar-refractivity contribution in [2.75, 3.05) is 26.4 Å². The van der Waals surface area contributed by atoms with Crippen LogP contribution in [-0.2, 0) is 9.59 Å². The van der Waals surface area contributed by atoms with E-state index < -0.39 is 13.3 Å². The van der Waals surface area contributed by atoms with Crippen molar-refractivity contribution < 1.29 is 18.4 Å². The van der Waals surface area contributed by atoms with Crippen LogP contribution in [0.5, 0.6) is 0 Å². The quantitative estimate of drug-likeness (QED) is 0.0539. The summed E-state index contributed by atoms with van der Waals surface area (Å²) in [5.41, 5.74) is 0. The minimum atomic E-state index is -0.504. The first-order chi connectivity index (χ1) is 25.0. The number of allylic oxidation sites excluding steroid dienone is 16. The zero-order valence-corrected chi connectivity index (χ0v) is 32.7. The summed E-state index contributed by atoms with van der Waals surface area (Å²) in [6, 6.07) is 0. The molecule has 0 aromatic heterocycles. The third-order valence-electron chi connectivity index (χ3n) is 7.71. The minimum absolute atomic E-state index is 0.0569. The molecule has 0 bridgehead atoms. The molecule has 1 atom stereocenters. The lowest BCUT2D eigenvalue weighted by molar-refractivity contribution is -0.124. The summed E-state index contributed by atoms with van der Waals surface area (Å²) >= 11 is 0. The van der Waals surface area contributed by atoms with E-state index in [1.54, 1.807) is 0 Å². The Labute approximate surface area is 312 Å². The number of hydrogen-bond acceptors (Lipinski definition) is 2. The third-order valence-corrected chi connectivity index (χ3v) is 7.71. The van der Waals surface area contributed by atoms with Crippen molar-refractivity contribution in [2.24, 2.45) is 5.92 Å². The molecule has 0 aliphatic carbocycles. The fourth-order valence-corrected chi connectivity index (χ4v) is 4.60. The molecule has 6 heteroatoms. The number of hydrogen-bond donors (Lipinski definition) is 2. The lowest BCUT2D eigenvalue weighted by Crippen LogP contribution is -2.30. The second-order valence-corrected chi connectivity index (χ2v) is 12.6. The fraction of sp³-hybridized carbons (Fsp3) is 0.600. The molecule has 4 nitrogen and oxygen atoms in total. The standard InChI is InChI=1S/C23H38FNO.C22H36FNO/c1-3-4-5-6-7-8-9-10-11-12-13-14-15-16-17-18-19-22(2)23(26)25-21-20-24;1-2-3-4-5-6-7-8-9-10-11-12-13-14-15-16-17-18-19-22(25)24-21-20-23/h7-8,10-11,13-14,16-17,22H,3-6,9,12,15,18-21H2,1-2H3,(H,25,26);6-7,9-10,12-13,15-16H,2-5,8,11,14,17-21H2,1H3,(H,24,25)/b8-7-,11-10-,14-13-,17-16-;7-6-,10-9-,13-12-,16-15-. The first-order valence-corrected chi connectivity index (χ1v) is 19.9. The highest BCUT2D eigenvalue weighted by atomic mass is 19.1. The summed E-state index contributed by atoms with van der Waals surface area (Å²) < 4.78 is 23.8. The molecule has 51 heavy (non-hydrogen) atoms. The maximum atomic E-state index is 12.0. The molecule has 2 amide bonds. The smallest absolute Gasteiger partial charge is 0.222 e. The Bertz CT molecular complexity index is 1010. The molecule has 1 unspecified atom stereocenters. The molecule has 0 aliphatic rings. The first kappa shape index (κ1) is 49.8. The summed E-state index contributed by atoms with van der Waals surface area (Å²) in [4.78, 5) is 22.8. The average molecular weight is 713 g/mol. The van der Waals surface area contributed by atoms with Crippen molar-refractivity contribution in [2.45, 2.75) is 143 Å². The van der Waals surface area contributed by atoms with Gasteiger partial charge in [0.05, 0.1) is 0 Å². The molecule has 0 saturated carbocycles. The van der Waals surface area contributed by atoms with Gasteiger partial charge in [-0.3, -0.25) is 9.59 Å². The zero-order chi connectivity index (χ0) is 37.7. The largest absolute Gasteiger partial charge is 0.353 e. The molecule has 2 N–H and O–H groups in total. The number of nitrogens with one attached hydrogen (secondary N) is 2. The van der Waals surface area contributed by atoms with Crippen LogP contribution in [0, 0.1) is 5.92 Å². The van der Waals surface area contributed by atoms with Crippen LogP contribution in [0.25, 0.3) is 0 Å². The Balaban J connectivity index is 0. The highest BCUT2D eigenvalue weighted by molar-refractivity contribution is 5.78. The summed E-state index contributed by atoms with van der Waals surface area (Å²) in [5, 5.41) is 5.10. The average Bonchev–Trinajstić information content (AvgIpc) is 3.14. The molecule has 0 aromatic carbocycles. The van der Waals surface area contributed by atoms with E-state index in [1.165, 1.54) is 51.4 Å². The van der Waals surface area contributed by atoms with Gasteiger partial charge in [0.15, 0.2) is 0 Å². The monoisotopic (exact) mass is 713 g/mol. The predicted molar refractivity (Wildman–Crippen MR) is 219 cm³/mol. The van der Waals surface area contributed by atoms with Gasteiger partial charge in [-0.2, -0.15) is 0 Å². The molecular weight excluding hydrogens is 639 g/mol. The summed E-state index contributed by atoms with van der Waals surface area (Å²) in [6.07, 6.45) is 55.0. The first-order valence-electron chi connectivity index (χ1n) is 19.9. The van der Waals surface area contributed by atoms with Gasteiger partial charge >= 0.3 is 0 Å². The van der Waals surface area contributed by atoms with E-state index in [2.05, 4.69) is 122 Å². The molecular formula is C45H74F2N2O2. The summed E-state index contributed by atoms with van der Waals surface area (Å²) in [6.45, 7) is 5.59. The van der Waals surface area contributed by atoms with E-state index in [1.807, 2.05) is 6.92 Å². The maximum absolute atomic E-state index is 12.0. The highest BCUT2D eigenvalue weighted by Crippen LogP contribution is 2.07. The number of unbranched alkanes of at least 4 members (excludes halogenated alkanes) is 7. The van der Waals surface area contributed by atoms with Crippen LogP contribution in [0.2, 0.25) is 0 Å². The number of alkyl halides is 2. The van der Waals surface area contributed by atoms with Gasteiger partial charge in [-0.15, -0.1) is 0 Å². The Hall–Kier alpha value is -3.28. The number of carbonyl (C=O) groups excluding carboxylic acids is 2. The molecule has 0 aromatic rings. The van der Waals surface area contributed by atoms with Gasteiger partial charge in [0, 0.05) is 25.4 Å². The minimum Gasteiger partial charge on any atom is -0.353 e. The van der Waals surface area contributed by atoms with Gasteiger partial charge in [-0.1, -0.05) is 144 Å². The Morgan fingerprint density at radius 1 is 0.490 bits per heavy atom. The van der Waals surface area contributed by atoms with Crippen LogP contribution < -0.4 is 10.6 Å². The molecule has 0 fully saturated rings. The van der Waals surface area contributed by atoms with Crippen LogP contribution in [-0.4, -0.2) is 38.3 Å². The van der Waals surface area contributed by atoms with Gasteiger partial charge < -0.3 is 10.6 Å². The van der Waals surface area contributed by atoms with E-state index in [4.69, 9.17) is 0 Å². The van der Waals surface area contributed by atoms with Crippen molar-refractivity contribution >= 4 is 11.8 Å². The summed E-state index contributed by atoms with van der Waals surface area (Å²) in [5.74, 6) is -0.181. The molecule has 0 aliphatic heterocycles. The lowest BCUT2D eigenvalue weighted by atomic mass is 10.0. The van der Waals surface area contributed by atoms with Crippen molar-refractivity contribution in [3.8, 4) is 0 Å². The van der Waals surface area contributed by atoms with Crippen molar-refractivity contribution in [3.05, 3.63) is 97.2 Å². The van der Waals surface area contributed by atoms with Crippen LogP contribution in [0.1, 0.15) is 143 Å². The van der Waals surface area contributed by atoms with Crippen molar-refractivity contribution in [1.82, 2.24) is 10.6 Å². The van der Waals surface area contributed by atoms with E-state index >= 15 is 0 Å². The molecule has 0 heterocycles. The van der Waals surface area contributed by atoms with E-state index in [9.17, 15) is 18.4 Å². The van der Waals surface area contributed by atoms with Gasteiger partial charge in [0.2, 0.25) is 11.8 Å². The van der Waals surface area contributed by atoms with Gasteiger partial charge in [-0.25, -0.2) is 8.78 Å². The molecule has 0 saturated heterocycles. The number of rotatable bonds is 32. The number of amides is 2. The highest BCUT2D eigenvalue weighted by Gasteiger charge is 2.10. The molecule has 290 valence electrons. The predicted octanol–water partition coefficient (Wildman–Crippen LogP) is 12.7. The van der Waals surface area contributed by atoms with Crippen LogP contribution in [0.3, 0.4) is 0 Å². The number of halogens is 2. The van der Waals surface area contributed by atoms with E-state index in [-0.39, 0.29) is 30.8 Å². The van der Waals surface area contributed by atoms with E-state index in [0.717, 1.165) is 64.2 Å². The molecule has 0 spiro atoms.